The van der Waals surface area contributed by atoms with Crippen molar-refractivity contribution >= 4 is 80.8 Å². The molecule has 0 spiro atoms. The van der Waals surface area contributed by atoms with Crippen molar-refractivity contribution in [2.24, 2.45) is 10.7 Å². The number of nitrogens with zero attached hydrogens (tertiary/aromatic N) is 6. The van der Waals surface area contributed by atoms with Crippen LogP contribution in [0.4, 0.5) is 28.8 Å². The lowest BCUT2D eigenvalue weighted by molar-refractivity contribution is 0.0532. The van der Waals surface area contributed by atoms with Crippen LogP contribution in [0.15, 0.2) is 58.5 Å². The van der Waals surface area contributed by atoms with E-state index in [0.29, 0.717) is 29.8 Å². The molecule has 0 bridgehead atoms. The quantitative estimate of drug-likeness (QED) is 0.160. The first-order chi connectivity index (χ1) is 20.8. The molecule has 1 atom stereocenters. The van der Waals surface area contributed by atoms with Crippen molar-refractivity contribution in [1.29, 1.82) is 0 Å². The Hall–Kier alpha value is -3.86. The van der Waals surface area contributed by atoms with Gasteiger partial charge in [0.2, 0.25) is 5.95 Å². The summed E-state index contributed by atoms with van der Waals surface area (Å²) in [6.07, 6.45) is 8.56. The highest BCUT2D eigenvalue weighted by Gasteiger charge is 2.23. The number of hydrogen-bond donors (Lipinski definition) is 3. The Morgan fingerprint density at radius 3 is 2.72 bits per heavy atom. The molecule has 1 fully saturated rings. The zero-order chi connectivity index (χ0) is 30.5. The standard InChI is InChI=1S/C30H35BrN9O2P/c1-18-17-40(10-11-42-18)25-13-26(41-3)24(12-20(25)19(14-32)15-33-2)38-30-36-16-21(31)29(39-30)37-23-7-6-22-27(28(23)43(4)5)35-9-8-34-22/h6-9,12-16,18H,10-11,17,32H2,1-5H3,(H2,36,37,38,39). The highest BCUT2D eigenvalue weighted by Crippen LogP contribution is 2.39. The number of anilines is 5. The van der Waals surface area contributed by atoms with E-state index in [4.69, 9.17) is 20.2 Å². The van der Waals surface area contributed by atoms with Crippen molar-refractivity contribution in [3.8, 4) is 5.75 Å². The maximum Gasteiger partial charge on any atom is 0.229 e. The van der Waals surface area contributed by atoms with Crippen LogP contribution in [0.25, 0.3) is 16.6 Å². The van der Waals surface area contributed by atoms with E-state index in [0.717, 1.165) is 56.4 Å². The number of fused-ring (bicyclic) bond motifs is 1. The van der Waals surface area contributed by atoms with Gasteiger partial charge in [-0.2, -0.15) is 4.98 Å². The molecular formula is C30H35BrN9O2P. The highest BCUT2D eigenvalue weighted by molar-refractivity contribution is 9.10. The Morgan fingerprint density at radius 2 is 2.00 bits per heavy atom. The Balaban J connectivity index is 1.53. The third-order valence-electron chi connectivity index (χ3n) is 6.96. The minimum atomic E-state index is -0.497. The predicted octanol–water partition coefficient (Wildman–Crippen LogP) is 5.27. The zero-order valence-electron chi connectivity index (χ0n) is 24.8. The van der Waals surface area contributed by atoms with Crippen molar-refractivity contribution in [3.63, 3.8) is 0 Å². The number of hydrogen-bond acceptors (Lipinski definition) is 11. The summed E-state index contributed by atoms with van der Waals surface area (Å²) in [6, 6.07) is 7.99. The molecule has 5 rings (SSSR count). The molecule has 11 nitrogen and oxygen atoms in total. The SMILES string of the molecule is CN=CC(=CN)c1cc(Nc2ncc(Br)c(Nc3ccc4nccnc4c3P(C)C)n2)c(OC)cc1N1CCOC(C)C1. The number of ether oxygens (including phenoxy) is 2. The van der Waals surface area contributed by atoms with Crippen LogP contribution < -0.4 is 31.3 Å². The smallest absolute Gasteiger partial charge is 0.229 e. The van der Waals surface area contributed by atoms with Gasteiger partial charge in [0, 0.05) is 85.0 Å². The lowest BCUT2D eigenvalue weighted by atomic mass is 10.0. The molecule has 0 radical (unpaired) electrons. The Labute approximate surface area is 260 Å². The number of rotatable bonds is 9. The first-order valence-corrected chi connectivity index (χ1v) is 16.8. The van der Waals surface area contributed by atoms with Gasteiger partial charge in [0.25, 0.3) is 0 Å². The number of benzene rings is 2. The first-order valence-electron chi connectivity index (χ1n) is 13.7. The summed E-state index contributed by atoms with van der Waals surface area (Å²) in [7, 11) is 2.87. The molecule has 13 heteroatoms. The van der Waals surface area contributed by atoms with E-state index < -0.39 is 7.92 Å². The van der Waals surface area contributed by atoms with Gasteiger partial charge >= 0.3 is 0 Å². The summed E-state index contributed by atoms with van der Waals surface area (Å²) >= 11 is 3.61. The fourth-order valence-electron chi connectivity index (χ4n) is 5.05. The second-order valence-corrected chi connectivity index (χ2v) is 13.2. The van der Waals surface area contributed by atoms with Crippen LogP contribution in [0.2, 0.25) is 0 Å². The van der Waals surface area contributed by atoms with Crippen molar-refractivity contribution in [2.45, 2.75) is 13.0 Å². The average molecular weight is 665 g/mol. The van der Waals surface area contributed by atoms with E-state index in [2.05, 4.69) is 71.7 Å². The maximum atomic E-state index is 6.07. The number of morpholine rings is 1. The fourth-order valence-corrected chi connectivity index (χ4v) is 6.54. The molecule has 1 unspecified atom stereocenters. The lowest BCUT2D eigenvalue weighted by Crippen LogP contribution is -2.41. The van der Waals surface area contributed by atoms with Gasteiger partial charge in [0.05, 0.1) is 41.0 Å². The van der Waals surface area contributed by atoms with Gasteiger partial charge in [-0.05, 0) is 54.4 Å². The van der Waals surface area contributed by atoms with Crippen LogP contribution >= 0.6 is 23.9 Å². The number of aromatic nitrogens is 4. The second kappa shape index (κ2) is 13.6. The topological polar surface area (TPSA) is 136 Å². The van der Waals surface area contributed by atoms with Crippen molar-refractivity contribution in [3.05, 3.63) is 59.1 Å². The minimum Gasteiger partial charge on any atom is -0.494 e. The van der Waals surface area contributed by atoms with Crippen molar-refractivity contribution in [2.75, 3.05) is 62.7 Å². The molecule has 2 aromatic carbocycles. The van der Waals surface area contributed by atoms with Crippen molar-refractivity contribution in [1.82, 2.24) is 19.9 Å². The van der Waals surface area contributed by atoms with Crippen LogP contribution in [0.3, 0.4) is 0 Å². The van der Waals surface area contributed by atoms with Gasteiger partial charge < -0.3 is 30.7 Å². The number of allylic oxidation sites excluding steroid dienone is 1. The van der Waals surface area contributed by atoms with Gasteiger partial charge in [-0.15, -0.1) is 0 Å². The molecule has 0 saturated carbocycles. The maximum absolute atomic E-state index is 6.07. The van der Waals surface area contributed by atoms with Gasteiger partial charge in [-0.3, -0.25) is 15.0 Å². The number of nitrogens with one attached hydrogen (secondary N) is 2. The number of aliphatic imine (C=N–C) groups is 1. The summed E-state index contributed by atoms with van der Waals surface area (Å²) in [5, 5.41) is 7.98. The molecule has 1 aliphatic heterocycles. The van der Waals surface area contributed by atoms with E-state index in [-0.39, 0.29) is 6.10 Å². The average Bonchev–Trinajstić information content (AvgIpc) is 3.01. The number of nitrogens with two attached hydrogens (primary N) is 1. The predicted molar refractivity (Wildman–Crippen MR) is 181 cm³/mol. The molecule has 224 valence electrons. The molecule has 3 heterocycles. The summed E-state index contributed by atoms with van der Waals surface area (Å²) in [5.41, 5.74) is 12.1. The van der Waals surface area contributed by atoms with E-state index in [1.807, 2.05) is 24.3 Å². The summed E-state index contributed by atoms with van der Waals surface area (Å²) in [5.74, 6) is 1.64. The molecule has 4 aromatic rings. The lowest BCUT2D eigenvalue weighted by Gasteiger charge is -2.34. The van der Waals surface area contributed by atoms with E-state index >= 15 is 0 Å². The van der Waals surface area contributed by atoms with Crippen molar-refractivity contribution < 1.29 is 9.47 Å². The van der Waals surface area contributed by atoms with Gasteiger partial charge in [0.1, 0.15) is 11.6 Å². The van der Waals surface area contributed by atoms with Crippen LogP contribution in [0.5, 0.6) is 5.75 Å². The van der Waals surface area contributed by atoms with E-state index in [1.165, 1.54) is 0 Å². The highest BCUT2D eigenvalue weighted by atomic mass is 79.9. The van der Waals surface area contributed by atoms with Crippen LogP contribution in [0.1, 0.15) is 12.5 Å². The fraction of sp³-hybridized carbons (Fsp3) is 0.300. The summed E-state index contributed by atoms with van der Waals surface area (Å²) in [6.45, 7) is 8.60. The molecular weight excluding hydrogens is 629 g/mol. The summed E-state index contributed by atoms with van der Waals surface area (Å²) < 4.78 is 12.3. The third kappa shape index (κ3) is 6.71. The Bertz CT molecular complexity index is 1680. The molecule has 43 heavy (non-hydrogen) atoms. The number of methoxy groups -OCH3 is 1. The third-order valence-corrected chi connectivity index (χ3v) is 8.89. The van der Waals surface area contributed by atoms with Crippen LogP contribution in [-0.2, 0) is 4.74 Å². The molecule has 1 aliphatic rings. The second-order valence-electron chi connectivity index (χ2n) is 10.1. The molecule has 0 amide bonds. The first kappa shape index (κ1) is 30.6. The number of halogens is 1. The van der Waals surface area contributed by atoms with Gasteiger partial charge in [0.15, 0.2) is 0 Å². The monoisotopic (exact) mass is 663 g/mol. The molecule has 4 N–H and O–H groups in total. The normalized spacial score (nSPS) is 15.8. The zero-order valence-corrected chi connectivity index (χ0v) is 27.3. The largest absolute Gasteiger partial charge is 0.494 e. The molecule has 2 aromatic heterocycles. The Morgan fingerprint density at radius 1 is 1.19 bits per heavy atom. The summed E-state index contributed by atoms with van der Waals surface area (Å²) in [4.78, 5) is 25.0. The van der Waals surface area contributed by atoms with Gasteiger partial charge in [-0.25, -0.2) is 4.98 Å². The molecule has 0 aliphatic carbocycles. The van der Waals surface area contributed by atoms with Crippen LogP contribution in [0, 0.1) is 0 Å². The van der Waals surface area contributed by atoms with Gasteiger partial charge in [-0.1, -0.05) is 7.92 Å². The van der Waals surface area contributed by atoms with Crippen LogP contribution in [-0.4, -0.2) is 79.4 Å². The van der Waals surface area contributed by atoms with E-state index in [9.17, 15) is 0 Å². The van der Waals surface area contributed by atoms with E-state index in [1.54, 1.807) is 45.2 Å². The minimum absolute atomic E-state index is 0.102. The Kier molecular flexibility index (Phi) is 9.69. The molecule has 1 saturated heterocycles.